The van der Waals surface area contributed by atoms with Crippen molar-refractivity contribution in [1.82, 2.24) is 0 Å². The van der Waals surface area contributed by atoms with Gasteiger partial charge in [-0.3, -0.25) is 4.79 Å². The molecule has 1 aliphatic carbocycles. The van der Waals surface area contributed by atoms with Gasteiger partial charge in [0, 0.05) is 34.4 Å². The van der Waals surface area contributed by atoms with E-state index >= 15 is 0 Å². The molecule has 28 heavy (non-hydrogen) atoms. The maximum absolute atomic E-state index is 13.3. The fourth-order valence-electron chi connectivity index (χ4n) is 4.65. The topological polar surface area (TPSA) is 26.3 Å². The average molecular weight is 433 g/mol. The van der Waals surface area contributed by atoms with Crippen LogP contribution in [0.4, 0.5) is 0 Å². The number of hydrogen-bond donors (Lipinski definition) is 0. The molecule has 0 amide bonds. The monoisotopic (exact) mass is 432 g/mol. The van der Waals surface area contributed by atoms with E-state index in [1.165, 1.54) is 0 Å². The summed E-state index contributed by atoms with van der Waals surface area (Å²) in [6.07, 6.45) is 1.33. The summed E-state index contributed by atoms with van der Waals surface area (Å²) in [6.45, 7) is 4.28. The molecule has 1 unspecified atom stereocenters. The molecule has 1 atom stereocenters. The van der Waals surface area contributed by atoms with Crippen LogP contribution in [0.3, 0.4) is 0 Å². The number of Topliss-reactive ketones (excluding diaryl/α,β-unsaturated/α-hetero) is 1. The smallest absolute Gasteiger partial charge is 0.163 e. The average Bonchev–Trinajstić information content (AvgIpc) is 2.65. The normalized spacial score (nSPS) is 20.5. The van der Waals surface area contributed by atoms with Gasteiger partial charge in [0.05, 0.1) is 0 Å². The fourth-order valence-corrected chi connectivity index (χ4v) is 5.16. The van der Waals surface area contributed by atoms with Crippen LogP contribution in [-0.2, 0) is 4.79 Å². The van der Waals surface area contributed by atoms with Crippen LogP contribution in [0.5, 0.6) is 5.75 Å². The molecule has 3 heteroatoms. The van der Waals surface area contributed by atoms with Gasteiger partial charge in [-0.25, -0.2) is 0 Å². The lowest BCUT2D eigenvalue weighted by Gasteiger charge is -2.39. The van der Waals surface area contributed by atoms with Gasteiger partial charge >= 0.3 is 0 Å². The zero-order valence-corrected chi connectivity index (χ0v) is 17.5. The second-order valence-corrected chi connectivity index (χ2v) is 9.39. The SMILES string of the molecule is CC1(C)CC(=O)C2=C(C1)Oc1ccc3ccccc3c1C2c1ccccc1Br. The lowest BCUT2D eigenvalue weighted by Crippen LogP contribution is -2.33. The molecule has 0 saturated heterocycles. The quantitative estimate of drug-likeness (QED) is 0.423. The molecule has 0 radical (unpaired) electrons. The van der Waals surface area contributed by atoms with Gasteiger partial charge in [-0.2, -0.15) is 0 Å². The van der Waals surface area contributed by atoms with Crippen molar-refractivity contribution in [3.63, 3.8) is 0 Å². The molecule has 1 heterocycles. The second-order valence-electron chi connectivity index (χ2n) is 8.53. The van der Waals surface area contributed by atoms with Crippen molar-refractivity contribution < 1.29 is 9.53 Å². The molecule has 2 aliphatic rings. The molecular formula is C25H21BrO2. The zero-order chi connectivity index (χ0) is 19.5. The van der Waals surface area contributed by atoms with Crippen molar-refractivity contribution in [2.45, 2.75) is 32.6 Å². The number of benzene rings is 3. The number of halogens is 1. The molecule has 0 saturated carbocycles. The summed E-state index contributed by atoms with van der Waals surface area (Å²) in [5, 5.41) is 2.31. The minimum atomic E-state index is -0.121. The van der Waals surface area contributed by atoms with E-state index in [0.717, 1.165) is 49.9 Å². The summed E-state index contributed by atoms with van der Waals surface area (Å²) in [7, 11) is 0. The summed E-state index contributed by atoms with van der Waals surface area (Å²) in [5.41, 5.74) is 2.96. The molecule has 0 fully saturated rings. The molecule has 3 aromatic rings. The molecule has 0 spiro atoms. The molecule has 3 aromatic carbocycles. The number of ketones is 1. The van der Waals surface area contributed by atoms with Crippen LogP contribution < -0.4 is 4.74 Å². The van der Waals surface area contributed by atoms with Crippen LogP contribution in [-0.4, -0.2) is 5.78 Å². The summed E-state index contributed by atoms with van der Waals surface area (Å²) in [5.74, 6) is 1.78. The number of carbonyl (C=O) groups is 1. The minimum Gasteiger partial charge on any atom is -0.461 e. The second kappa shape index (κ2) is 6.31. The number of ether oxygens (including phenoxy) is 1. The fraction of sp³-hybridized carbons (Fsp3) is 0.240. The zero-order valence-electron chi connectivity index (χ0n) is 16.0. The lowest BCUT2D eigenvalue weighted by molar-refractivity contribution is -0.118. The first kappa shape index (κ1) is 17.7. The Morgan fingerprint density at radius 3 is 2.54 bits per heavy atom. The molecule has 2 nitrogen and oxygen atoms in total. The van der Waals surface area contributed by atoms with Gasteiger partial charge in [0.1, 0.15) is 11.5 Å². The summed E-state index contributed by atoms with van der Waals surface area (Å²) < 4.78 is 7.40. The number of hydrogen-bond acceptors (Lipinski definition) is 2. The van der Waals surface area contributed by atoms with Gasteiger partial charge in [0.25, 0.3) is 0 Å². The van der Waals surface area contributed by atoms with Crippen molar-refractivity contribution in [2.75, 3.05) is 0 Å². The Kier molecular flexibility index (Phi) is 3.99. The number of fused-ring (bicyclic) bond motifs is 3. The maximum atomic E-state index is 13.3. The van der Waals surface area contributed by atoms with Crippen molar-refractivity contribution >= 4 is 32.5 Å². The van der Waals surface area contributed by atoms with Gasteiger partial charge in [-0.1, -0.05) is 78.3 Å². The molecule has 1 aliphatic heterocycles. The van der Waals surface area contributed by atoms with E-state index in [0.29, 0.717) is 6.42 Å². The summed E-state index contributed by atoms with van der Waals surface area (Å²) in [6, 6.07) is 20.7. The highest BCUT2D eigenvalue weighted by atomic mass is 79.9. The third-order valence-corrected chi connectivity index (χ3v) is 6.56. The number of rotatable bonds is 1. The Hall–Kier alpha value is -2.39. The Balaban J connectivity index is 1.84. The first-order valence-electron chi connectivity index (χ1n) is 9.65. The van der Waals surface area contributed by atoms with Crippen LogP contribution in [0.2, 0.25) is 0 Å². The third kappa shape index (κ3) is 2.72. The van der Waals surface area contributed by atoms with E-state index in [1.807, 2.05) is 24.3 Å². The third-order valence-electron chi connectivity index (χ3n) is 5.84. The predicted octanol–water partition coefficient (Wildman–Crippen LogP) is 6.77. The first-order valence-corrected chi connectivity index (χ1v) is 10.4. The van der Waals surface area contributed by atoms with Crippen molar-refractivity contribution in [1.29, 1.82) is 0 Å². The molecule has 0 bridgehead atoms. The Morgan fingerprint density at radius 2 is 1.71 bits per heavy atom. The van der Waals surface area contributed by atoms with Crippen LogP contribution in [0, 0.1) is 5.41 Å². The Bertz CT molecular complexity index is 1160. The van der Waals surface area contributed by atoms with Gasteiger partial charge < -0.3 is 4.74 Å². The van der Waals surface area contributed by atoms with E-state index in [2.05, 4.69) is 66.2 Å². The number of carbonyl (C=O) groups excluding carboxylic acids is 1. The molecule has 5 rings (SSSR count). The van der Waals surface area contributed by atoms with Crippen LogP contribution in [0.25, 0.3) is 10.8 Å². The standard InChI is InChI=1S/C25H21BrO2/c1-25(2)13-19(27)24-21(14-25)28-20-12-11-15-7-3-4-8-16(15)22(20)23(24)17-9-5-6-10-18(17)26/h3-12,23H,13-14H2,1-2H3. The van der Waals surface area contributed by atoms with Gasteiger partial charge in [0.2, 0.25) is 0 Å². The van der Waals surface area contributed by atoms with E-state index in [9.17, 15) is 4.79 Å². The van der Waals surface area contributed by atoms with Crippen molar-refractivity contribution in [3.05, 3.63) is 87.6 Å². The van der Waals surface area contributed by atoms with E-state index in [1.54, 1.807) is 0 Å². The largest absolute Gasteiger partial charge is 0.461 e. The minimum absolute atomic E-state index is 0.0806. The van der Waals surface area contributed by atoms with Gasteiger partial charge in [-0.15, -0.1) is 0 Å². The highest BCUT2D eigenvalue weighted by Gasteiger charge is 2.43. The number of allylic oxidation sites excluding steroid dienone is 2. The van der Waals surface area contributed by atoms with Crippen LogP contribution >= 0.6 is 15.9 Å². The lowest BCUT2D eigenvalue weighted by atomic mass is 9.69. The maximum Gasteiger partial charge on any atom is 0.163 e. The van der Waals surface area contributed by atoms with E-state index in [4.69, 9.17) is 4.74 Å². The molecular weight excluding hydrogens is 412 g/mol. The van der Waals surface area contributed by atoms with E-state index in [-0.39, 0.29) is 17.1 Å². The van der Waals surface area contributed by atoms with Crippen molar-refractivity contribution in [3.8, 4) is 5.75 Å². The van der Waals surface area contributed by atoms with Gasteiger partial charge in [-0.05, 0) is 33.9 Å². The molecule has 140 valence electrons. The highest BCUT2D eigenvalue weighted by Crippen LogP contribution is 2.52. The van der Waals surface area contributed by atoms with Crippen LogP contribution in [0.15, 0.2) is 76.5 Å². The van der Waals surface area contributed by atoms with Crippen LogP contribution in [0.1, 0.15) is 43.7 Å². The molecule has 0 aromatic heterocycles. The first-order chi connectivity index (χ1) is 13.4. The Labute approximate surface area is 173 Å². The Morgan fingerprint density at radius 1 is 0.964 bits per heavy atom. The molecule has 0 N–H and O–H groups in total. The van der Waals surface area contributed by atoms with E-state index < -0.39 is 0 Å². The predicted molar refractivity (Wildman–Crippen MR) is 116 cm³/mol. The summed E-state index contributed by atoms with van der Waals surface area (Å²) in [4.78, 5) is 13.3. The van der Waals surface area contributed by atoms with Gasteiger partial charge in [0.15, 0.2) is 5.78 Å². The highest BCUT2D eigenvalue weighted by molar-refractivity contribution is 9.10. The summed E-state index contributed by atoms with van der Waals surface area (Å²) >= 11 is 3.73. The van der Waals surface area contributed by atoms with Crippen molar-refractivity contribution in [2.24, 2.45) is 5.41 Å².